The number of ether oxygens (including phenoxy) is 2. The first kappa shape index (κ1) is 12.6. The van der Waals surface area contributed by atoms with E-state index >= 15 is 0 Å². The zero-order chi connectivity index (χ0) is 11.4. The molecule has 15 heavy (non-hydrogen) atoms. The van der Waals surface area contributed by atoms with Gasteiger partial charge in [-0.15, -0.1) is 6.58 Å². The fourth-order valence-corrected chi connectivity index (χ4v) is 1.57. The lowest BCUT2D eigenvalue weighted by Gasteiger charge is -2.40. The highest BCUT2D eigenvalue weighted by Crippen LogP contribution is 2.26. The molecule has 5 atom stereocenters. The van der Waals surface area contributed by atoms with Crippen molar-refractivity contribution in [3.63, 3.8) is 0 Å². The van der Waals surface area contributed by atoms with E-state index in [1.54, 1.807) is 13.0 Å². The van der Waals surface area contributed by atoms with Crippen molar-refractivity contribution < 1.29 is 24.8 Å². The summed E-state index contributed by atoms with van der Waals surface area (Å²) in [5.74, 6) is -0.345. The Hall–Kier alpha value is -0.460. The summed E-state index contributed by atoms with van der Waals surface area (Å²) in [7, 11) is 0. The molecule has 0 saturated carbocycles. The molecule has 1 rings (SSSR count). The highest BCUT2D eigenvalue weighted by Gasteiger charge is 2.42. The molecule has 1 aliphatic heterocycles. The molecule has 0 radical (unpaired) electrons. The number of hydrogen-bond acceptors (Lipinski definition) is 5. The largest absolute Gasteiger partial charge is 0.394 e. The van der Waals surface area contributed by atoms with E-state index in [9.17, 15) is 10.2 Å². The third-order valence-corrected chi connectivity index (χ3v) is 2.57. The van der Waals surface area contributed by atoms with Gasteiger partial charge >= 0.3 is 0 Å². The van der Waals surface area contributed by atoms with Crippen LogP contribution in [-0.4, -0.2) is 53.1 Å². The molecule has 1 heterocycles. The second kappa shape index (κ2) is 5.58. The summed E-state index contributed by atoms with van der Waals surface area (Å²) >= 11 is 0. The van der Waals surface area contributed by atoms with E-state index in [1.165, 1.54) is 0 Å². The zero-order valence-electron chi connectivity index (χ0n) is 8.74. The van der Waals surface area contributed by atoms with E-state index in [2.05, 4.69) is 6.58 Å². The first-order valence-corrected chi connectivity index (χ1v) is 4.96. The van der Waals surface area contributed by atoms with Gasteiger partial charge in [0.05, 0.1) is 19.3 Å². The Labute approximate surface area is 88.9 Å². The van der Waals surface area contributed by atoms with Crippen molar-refractivity contribution in [3.8, 4) is 0 Å². The van der Waals surface area contributed by atoms with Crippen LogP contribution < -0.4 is 0 Å². The van der Waals surface area contributed by atoms with Crippen LogP contribution in [0.4, 0.5) is 0 Å². The number of aliphatic hydroxyl groups excluding tert-OH is 3. The van der Waals surface area contributed by atoms with Gasteiger partial charge < -0.3 is 24.8 Å². The monoisotopic (exact) mass is 218 g/mol. The fraction of sp³-hybridized carbons (Fsp3) is 0.800. The molecule has 0 aromatic rings. The Morgan fingerprint density at radius 1 is 1.40 bits per heavy atom. The lowest BCUT2D eigenvalue weighted by molar-refractivity contribution is -0.279. The van der Waals surface area contributed by atoms with Gasteiger partial charge in [0, 0.05) is 5.92 Å². The van der Waals surface area contributed by atoms with Gasteiger partial charge in [-0.2, -0.15) is 0 Å². The van der Waals surface area contributed by atoms with E-state index in [4.69, 9.17) is 14.6 Å². The van der Waals surface area contributed by atoms with Gasteiger partial charge in [0.2, 0.25) is 0 Å². The summed E-state index contributed by atoms with van der Waals surface area (Å²) in [5.41, 5.74) is 0. The molecule has 1 fully saturated rings. The highest BCUT2D eigenvalue weighted by molar-refractivity contribution is 4.87. The van der Waals surface area contributed by atoms with Crippen LogP contribution in [0.5, 0.6) is 0 Å². The summed E-state index contributed by atoms with van der Waals surface area (Å²) in [6.07, 6.45) is -1.88. The molecule has 1 aliphatic rings. The van der Waals surface area contributed by atoms with E-state index in [1.807, 2.05) is 0 Å². The summed E-state index contributed by atoms with van der Waals surface area (Å²) in [4.78, 5) is 0. The van der Waals surface area contributed by atoms with Crippen LogP contribution in [-0.2, 0) is 9.47 Å². The SMILES string of the molecule is C=CCOC1OC(CO)C(O)C(O)C1C. The van der Waals surface area contributed by atoms with E-state index in [-0.39, 0.29) is 12.5 Å². The highest BCUT2D eigenvalue weighted by atomic mass is 16.7. The molecular formula is C10H18O5. The minimum Gasteiger partial charge on any atom is -0.394 e. The minimum absolute atomic E-state index is 0.302. The normalized spacial score (nSPS) is 41.5. The fourth-order valence-electron chi connectivity index (χ4n) is 1.57. The van der Waals surface area contributed by atoms with Crippen molar-refractivity contribution in [1.29, 1.82) is 0 Å². The molecule has 0 bridgehead atoms. The maximum atomic E-state index is 9.67. The van der Waals surface area contributed by atoms with Gasteiger partial charge in [0.15, 0.2) is 6.29 Å². The van der Waals surface area contributed by atoms with Crippen LogP contribution >= 0.6 is 0 Å². The molecule has 5 nitrogen and oxygen atoms in total. The van der Waals surface area contributed by atoms with Crippen molar-refractivity contribution in [2.45, 2.75) is 31.5 Å². The maximum absolute atomic E-state index is 9.67. The smallest absolute Gasteiger partial charge is 0.163 e. The topological polar surface area (TPSA) is 79.2 Å². The molecule has 3 N–H and O–H groups in total. The predicted octanol–water partition coefficient (Wildman–Crippen LogP) is -0.736. The maximum Gasteiger partial charge on any atom is 0.163 e. The van der Waals surface area contributed by atoms with Gasteiger partial charge in [0.1, 0.15) is 12.2 Å². The van der Waals surface area contributed by atoms with Gasteiger partial charge in [-0.25, -0.2) is 0 Å². The first-order valence-electron chi connectivity index (χ1n) is 4.96. The first-order chi connectivity index (χ1) is 7.11. The lowest BCUT2D eigenvalue weighted by atomic mass is 9.92. The van der Waals surface area contributed by atoms with Crippen molar-refractivity contribution in [1.82, 2.24) is 0 Å². The Morgan fingerprint density at radius 3 is 2.60 bits per heavy atom. The number of rotatable bonds is 4. The van der Waals surface area contributed by atoms with Crippen LogP contribution in [0.25, 0.3) is 0 Å². The summed E-state index contributed by atoms with van der Waals surface area (Å²) < 4.78 is 10.6. The Bertz CT molecular complexity index is 206. The average molecular weight is 218 g/mol. The van der Waals surface area contributed by atoms with Crippen molar-refractivity contribution in [2.75, 3.05) is 13.2 Å². The standard InChI is InChI=1S/C10H18O5/c1-3-4-14-10-6(2)8(12)9(13)7(5-11)15-10/h3,6-13H,1,4-5H2,2H3. The minimum atomic E-state index is -1.08. The van der Waals surface area contributed by atoms with E-state index < -0.39 is 24.6 Å². The molecule has 0 aromatic heterocycles. The Balaban J connectivity index is 2.60. The van der Waals surface area contributed by atoms with Crippen molar-refractivity contribution >= 4 is 0 Å². The molecule has 0 aromatic carbocycles. The zero-order valence-corrected chi connectivity index (χ0v) is 8.74. The number of hydrogen-bond donors (Lipinski definition) is 3. The Morgan fingerprint density at radius 2 is 2.07 bits per heavy atom. The second-order valence-corrected chi connectivity index (χ2v) is 3.69. The van der Waals surface area contributed by atoms with Crippen LogP contribution in [0, 0.1) is 5.92 Å². The average Bonchev–Trinajstić information content (AvgIpc) is 2.25. The third-order valence-electron chi connectivity index (χ3n) is 2.57. The third kappa shape index (κ3) is 2.76. The predicted molar refractivity (Wildman–Crippen MR) is 53.1 cm³/mol. The van der Waals surface area contributed by atoms with Crippen LogP contribution in [0.15, 0.2) is 12.7 Å². The quantitative estimate of drug-likeness (QED) is 0.542. The van der Waals surface area contributed by atoms with Crippen molar-refractivity contribution in [3.05, 3.63) is 12.7 Å². The molecular weight excluding hydrogens is 200 g/mol. The molecule has 0 aliphatic carbocycles. The second-order valence-electron chi connectivity index (χ2n) is 3.69. The van der Waals surface area contributed by atoms with E-state index in [0.29, 0.717) is 6.61 Å². The lowest BCUT2D eigenvalue weighted by Crippen LogP contribution is -2.55. The summed E-state index contributed by atoms with van der Waals surface area (Å²) in [6, 6.07) is 0. The summed E-state index contributed by atoms with van der Waals surface area (Å²) in [6.45, 7) is 5.17. The van der Waals surface area contributed by atoms with Crippen LogP contribution in [0.2, 0.25) is 0 Å². The molecule has 0 amide bonds. The van der Waals surface area contributed by atoms with Gasteiger partial charge in [0.25, 0.3) is 0 Å². The molecule has 5 heteroatoms. The van der Waals surface area contributed by atoms with E-state index in [0.717, 1.165) is 0 Å². The van der Waals surface area contributed by atoms with Gasteiger partial charge in [-0.05, 0) is 0 Å². The Kier molecular flexibility index (Phi) is 4.69. The summed E-state index contributed by atoms with van der Waals surface area (Å²) in [5, 5.41) is 28.1. The van der Waals surface area contributed by atoms with Crippen LogP contribution in [0.1, 0.15) is 6.92 Å². The molecule has 1 saturated heterocycles. The molecule has 5 unspecified atom stereocenters. The van der Waals surface area contributed by atoms with Crippen LogP contribution in [0.3, 0.4) is 0 Å². The number of aliphatic hydroxyl groups is 3. The van der Waals surface area contributed by atoms with Gasteiger partial charge in [-0.1, -0.05) is 13.0 Å². The molecule has 88 valence electrons. The molecule has 0 spiro atoms. The van der Waals surface area contributed by atoms with Gasteiger partial charge in [-0.3, -0.25) is 0 Å². The van der Waals surface area contributed by atoms with Crippen molar-refractivity contribution in [2.24, 2.45) is 5.92 Å².